The highest BCUT2D eigenvalue weighted by molar-refractivity contribution is 4.99. The van der Waals surface area contributed by atoms with Crippen molar-refractivity contribution in [1.82, 2.24) is 4.90 Å². The summed E-state index contributed by atoms with van der Waals surface area (Å²) >= 11 is 0. The van der Waals surface area contributed by atoms with Gasteiger partial charge in [0.05, 0.1) is 18.5 Å². The smallest absolute Gasteiger partial charge is 0.0669 e. The molecule has 0 N–H and O–H groups in total. The van der Waals surface area contributed by atoms with Crippen LogP contribution in [-0.4, -0.2) is 24.5 Å². The molecule has 1 rings (SSSR count). The third kappa shape index (κ3) is 2.57. The van der Waals surface area contributed by atoms with Crippen molar-refractivity contribution in [1.29, 1.82) is 5.26 Å². The molecule has 1 saturated heterocycles. The van der Waals surface area contributed by atoms with Crippen molar-refractivity contribution in [3.8, 4) is 17.9 Å². The SMILES string of the molecule is CC#CCN1CCCC(C#N)C1. The van der Waals surface area contributed by atoms with Crippen LogP contribution >= 0.6 is 0 Å². The van der Waals surface area contributed by atoms with E-state index in [4.69, 9.17) is 5.26 Å². The van der Waals surface area contributed by atoms with Gasteiger partial charge >= 0.3 is 0 Å². The Balaban J connectivity index is 2.35. The molecule has 1 heterocycles. The normalized spacial score (nSPS) is 23.8. The van der Waals surface area contributed by atoms with Gasteiger partial charge in [-0.25, -0.2) is 0 Å². The number of hydrogen-bond donors (Lipinski definition) is 0. The summed E-state index contributed by atoms with van der Waals surface area (Å²) in [4.78, 5) is 2.26. The quantitative estimate of drug-likeness (QED) is 0.542. The molecular formula is C10H14N2. The zero-order chi connectivity index (χ0) is 8.81. The van der Waals surface area contributed by atoms with Gasteiger partial charge in [-0.15, -0.1) is 5.92 Å². The summed E-state index contributed by atoms with van der Waals surface area (Å²) in [7, 11) is 0. The van der Waals surface area contributed by atoms with Gasteiger partial charge in [-0.05, 0) is 26.3 Å². The second-order valence-electron chi connectivity index (χ2n) is 3.13. The van der Waals surface area contributed by atoms with Crippen LogP contribution in [0, 0.1) is 29.1 Å². The first-order chi connectivity index (χ1) is 5.86. The molecule has 1 atom stereocenters. The number of nitrogens with zero attached hydrogens (tertiary/aromatic N) is 2. The van der Waals surface area contributed by atoms with E-state index in [0.29, 0.717) is 0 Å². The van der Waals surface area contributed by atoms with Crippen LogP contribution in [0.1, 0.15) is 19.8 Å². The van der Waals surface area contributed by atoms with Crippen LogP contribution in [0.25, 0.3) is 0 Å². The largest absolute Gasteiger partial charge is 0.291 e. The van der Waals surface area contributed by atoms with E-state index >= 15 is 0 Å². The lowest BCUT2D eigenvalue weighted by Gasteiger charge is -2.27. The summed E-state index contributed by atoms with van der Waals surface area (Å²) in [5.41, 5.74) is 0. The summed E-state index contributed by atoms with van der Waals surface area (Å²) in [5.74, 6) is 6.14. The second kappa shape index (κ2) is 4.80. The van der Waals surface area contributed by atoms with Crippen molar-refractivity contribution < 1.29 is 0 Å². The maximum atomic E-state index is 8.72. The van der Waals surface area contributed by atoms with Crippen molar-refractivity contribution in [3.63, 3.8) is 0 Å². The Morgan fingerprint density at radius 2 is 2.42 bits per heavy atom. The molecule has 1 aliphatic rings. The average Bonchev–Trinajstić information content (AvgIpc) is 2.15. The Morgan fingerprint density at radius 1 is 1.58 bits per heavy atom. The minimum absolute atomic E-state index is 0.234. The first kappa shape index (κ1) is 9.10. The molecule has 0 radical (unpaired) electrons. The molecule has 0 aromatic heterocycles. The van der Waals surface area contributed by atoms with Crippen LogP contribution in [0.15, 0.2) is 0 Å². The molecule has 0 aliphatic carbocycles. The third-order valence-corrected chi connectivity index (χ3v) is 2.17. The highest BCUT2D eigenvalue weighted by atomic mass is 15.1. The first-order valence-corrected chi connectivity index (χ1v) is 4.38. The Bertz CT molecular complexity index is 228. The lowest BCUT2D eigenvalue weighted by Crippen LogP contribution is -2.35. The number of piperidine rings is 1. The summed E-state index contributed by atoms with van der Waals surface area (Å²) in [5, 5.41) is 8.72. The molecule has 1 unspecified atom stereocenters. The molecule has 0 aromatic carbocycles. The number of rotatable bonds is 1. The van der Waals surface area contributed by atoms with Gasteiger partial charge in [0.1, 0.15) is 0 Å². The summed E-state index contributed by atoms with van der Waals surface area (Å²) < 4.78 is 0. The molecule has 12 heavy (non-hydrogen) atoms. The van der Waals surface area contributed by atoms with Gasteiger partial charge in [-0.2, -0.15) is 5.26 Å². The highest BCUT2D eigenvalue weighted by Crippen LogP contribution is 2.14. The number of likely N-dealkylation sites (tertiary alicyclic amines) is 1. The summed E-state index contributed by atoms with van der Waals surface area (Å²) in [6.07, 6.45) is 2.20. The third-order valence-electron chi connectivity index (χ3n) is 2.17. The van der Waals surface area contributed by atoms with Crippen molar-refractivity contribution in [3.05, 3.63) is 0 Å². The van der Waals surface area contributed by atoms with Crippen LogP contribution in [0.5, 0.6) is 0 Å². The topological polar surface area (TPSA) is 27.0 Å². The van der Waals surface area contributed by atoms with Crippen molar-refractivity contribution in [2.75, 3.05) is 19.6 Å². The van der Waals surface area contributed by atoms with Crippen molar-refractivity contribution in [2.45, 2.75) is 19.8 Å². The lowest BCUT2D eigenvalue weighted by atomic mass is 10.00. The fourth-order valence-electron chi connectivity index (χ4n) is 1.50. The van der Waals surface area contributed by atoms with Crippen LogP contribution < -0.4 is 0 Å². The highest BCUT2D eigenvalue weighted by Gasteiger charge is 2.17. The van der Waals surface area contributed by atoms with Crippen LogP contribution in [0.4, 0.5) is 0 Å². The van der Waals surface area contributed by atoms with Crippen molar-refractivity contribution >= 4 is 0 Å². The van der Waals surface area contributed by atoms with Gasteiger partial charge in [0.25, 0.3) is 0 Å². The molecular weight excluding hydrogens is 148 g/mol. The molecule has 0 amide bonds. The first-order valence-electron chi connectivity index (χ1n) is 4.38. The maximum Gasteiger partial charge on any atom is 0.0669 e. The van der Waals surface area contributed by atoms with Crippen molar-refractivity contribution in [2.24, 2.45) is 5.92 Å². The Morgan fingerprint density at radius 3 is 3.08 bits per heavy atom. The standard InChI is InChI=1S/C10H14N2/c1-2-3-6-12-7-4-5-10(8-11)9-12/h10H,4-7,9H2,1H3. The Kier molecular flexibility index (Phi) is 3.64. The van der Waals surface area contributed by atoms with E-state index in [1.807, 2.05) is 6.92 Å². The second-order valence-corrected chi connectivity index (χ2v) is 3.13. The predicted octanol–water partition coefficient (Wildman–Crippen LogP) is 1.25. The van der Waals surface area contributed by atoms with E-state index in [1.165, 1.54) is 0 Å². The molecule has 0 spiro atoms. The molecule has 1 aliphatic heterocycles. The minimum Gasteiger partial charge on any atom is -0.291 e. The van der Waals surface area contributed by atoms with Crippen LogP contribution in [0.3, 0.4) is 0 Å². The zero-order valence-electron chi connectivity index (χ0n) is 7.51. The average molecular weight is 162 g/mol. The molecule has 2 nitrogen and oxygen atoms in total. The molecule has 2 heteroatoms. The van der Waals surface area contributed by atoms with Gasteiger partial charge in [0, 0.05) is 6.54 Å². The summed E-state index contributed by atoms with van der Waals surface area (Å²) in [6, 6.07) is 2.32. The molecule has 1 fully saturated rings. The predicted molar refractivity (Wildman–Crippen MR) is 48.2 cm³/mol. The van der Waals surface area contributed by atoms with E-state index in [9.17, 15) is 0 Å². The van der Waals surface area contributed by atoms with Crippen LogP contribution in [-0.2, 0) is 0 Å². The van der Waals surface area contributed by atoms with Gasteiger partial charge in [-0.1, -0.05) is 5.92 Å². The monoisotopic (exact) mass is 162 g/mol. The summed E-state index contributed by atoms with van der Waals surface area (Å²) in [6.45, 7) is 4.69. The fraction of sp³-hybridized carbons (Fsp3) is 0.700. The van der Waals surface area contributed by atoms with E-state index in [-0.39, 0.29) is 5.92 Å². The van der Waals surface area contributed by atoms with Crippen LogP contribution in [0.2, 0.25) is 0 Å². The molecule has 0 bridgehead atoms. The van der Waals surface area contributed by atoms with Gasteiger partial charge in [0.2, 0.25) is 0 Å². The van der Waals surface area contributed by atoms with Gasteiger partial charge in [0.15, 0.2) is 0 Å². The van der Waals surface area contributed by atoms with E-state index < -0.39 is 0 Å². The maximum absolute atomic E-state index is 8.72. The fourth-order valence-corrected chi connectivity index (χ4v) is 1.50. The number of nitriles is 1. The zero-order valence-corrected chi connectivity index (χ0v) is 7.51. The van der Waals surface area contributed by atoms with E-state index in [2.05, 4.69) is 22.8 Å². The Hall–Kier alpha value is -0.990. The van der Waals surface area contributed by atoms with E-state index in [1.54, 1.807) is 0 Å². The van der Waals surface area contributed by atoms with Gasteiger partial charge < -0.3 is 0 Å². The van der Waals surface area contributed by atoms with Gasteiger partial charge in [-0.3, -0.25) is 4.90 Å². The molecule has 0 aromatic rings. The minimum atomic E-state index is 0.234. The lowest BCUT2D eigenvalue weighted by molar-refractivity contribution is 0.222. The molecule has 64 valence electrons. The van der Waals surface area contributed by atoms with E-state index in [0.717, 1.165) is 32.5 Å². The number of hydrogen-bond acceptors (Lipinski definition) is 2. The Labute approximate surface area is 74.2 Å². The molecule has 0 saturated carbocycles.